The van der Waals surface area contributed by atoms with Gasteiger partial charge in [0.2, 0.25) is 11.7 Å². The number of hydrogen-bond acceptors (Lipinski definition) is 7. The lowest BCUT2D eigenvalue weighted by atomic mass is 10.1. The van der Waals surface area contributed by atoms with E-state index in [2.05, 4.69) is 25.5 Å². The lowest BCUT2D eigenvalue weighted by Crippen LogP contribution is -2.31. The summed E-state index contributed by atoms with van der Waals surface area (Å²) in [5.41, 5.74) is 0.594. The summed E-state index contributed by atoms with van der Waals surface area (Å²) in [7, 11) is 1.51. The molecule has 0 saturated carbocycles. The van der Waals surface area contributed by atoms with Crippen LogP contribution in [-0.2, 0) is 7.05 Å². The topological polar surface area (TPSA) is 116 Å². The lowest BCUT2D eigenvalue weighted by molar-refractivity contribution is 0.0927. The monoisotopic (exact) mass is 376 g/mol. The zero-order valence-electron chi connectivity index (χ0n) is 15.2. The second-order valence-electron chi connectivity index (χ2n) is 6.22. The van der Waals surface area contributed by atoms with Crippen molar-refractivity contribution in [1.82, 2.24) is 30.2 Å². The highest BCUT2D eigenvalue weighted by Gasteiger charge is 2.21. The number of rotatable bonds is 4. The molecule has 4 aromatic rings. The van der Waals surface area contributed by atoms with E-state index in [1.807, 2.05) is 6.07 Å². The fraction of sp³-hybridized carbons (Fsp3) is 0.158. The Balaban J connectivity index is 1.61. The maximum absolute atomic E-state index is 12.8. The van der Waals surface area contributed by atoms with Crippen molar-refractivity contribution < 1.29 is 9.32 Å². The van der Waals surface area contributed by atoms with E-state index in [1.54, 1.807) is 49.6 Å². The molecule has 3 heterocycles. The van der Waals surface area contributed by atoms with Gasteiger partial charge in [0.25, 0.3) is 11.5 Å². The molecule has 4 rings (SSSR count). The molecule has 0 radical (unpaired) electrons. The third-order valence-corrected chi connectivity index (χ3v) is 4.25. The molecule has 1 N–H and O–H groups in total. The van der Waals surface area contributed by atoms with Crippen LogP contribution in [0.3, 0.4) is 0 Å². The molecule has 0 saturated heterocycles. The maximum Gasteiger partial charge on any atom is 0.274 e. The number of pyridine rings is 1. The van der Waals surface area contributed by atoms with Gasteiger partial charge in [0.1, 0.15) is 6.04 Å². The summed E-state index contributed by atoms with van der Waals surface area (Å²) in [6.45, 7) is 1.72. The minimum atomic E-state index is -0.553. The number of aryl methyl sites for hydroxylation is 1. The minimum Gasteiger partial charge on any atom is -0.339 e. The Bertz CT molecular complexity index is 1220. The SMILES string of the molecule is CC(NC(=O)c1nn(C)c(=O)c2ccccc12)c1nc(-c2cccnc2)no1. The zero-order chi connectivity index (χ0) is 19.7. The third-order valence-electron chi connectivity index (χ3n) is 4.25. The Morgan fingerprint density at radius 3 is 2.71 bits per heavy atom. The fourth-order valence-electron chi connectivity index (χ4n) is 2.82. The summed E-state index contributed by atoms with van der Waals surface area (Å²) in [4.78, 5) is 33.3. The zero-order valence-corrected chi connectivity index (χ0v) is 15.2. The van der Waals surface area contributed by atoms with Gasteiger partial charge in [0.15, 0.2) is 5.69 Å². The van der Waals surface area contributed by atoms with Crippen LogP contribution in [0.1, 0.15) is 29.3 Å². The molecule has 3 aromatic heterocycles. The van der Waals surface area contributed by atoms with Crippen LogP contribution in [0.5, 0.6) is 0 Å². The molecular weight excluding hydrogens is 360 g/mol. The van der Waals surface area contributed by atoms with Gasteiger partial charge in [0.05, 0.1) is 5.39 Å². The summed E-state index contributed by atoms with van der Waals surface area (Å²) in [6.07, 6.45) is 3.27. The van der Waals surface area contributed by atoms with Crippen LogP contribution in [0, 0.1) is 0 Å². The van der Waals surface area contributed by atoms with Crippen LogP contribution in [0.4, 0.5) is 0 Å². The largest absolute Gasteiger partial charge is 0.339 e. The van der Waals surface area contributed by atoms with Crippen LogP contribution >= 0.6 is 0 Å². The first-order valence-corrected chi connectivity index (χ1v) is 8.55. The predicted octanol–water partition coefficient (Wildman–Crippen LogP) is 1.87. The van der Waals surface area contributed by atoms with Crippen molar-refractivity contribution >= 4 is 16.7 Å². The number of amides is 1. The summed E-state index contributed by atoms with van der Waals surface area (Å²) in [5, 5.41) is 11.7. The van der Waals surface area contributed by atoms with Gasteiger partial charge in [-0.3, -0.25) is 14.6 Å². The highest BCUT2D eigenvalue weighted by Crippen LogP contribution is 2.19. The van der Waals surface area contributed by atoms with Gasteiger partial charge < -0.3 is 9.84 Å². The highest BCUT2D eigenvalue weighted by atomic mass is 16.5. The lowest BCUT2D eigenvalue weighted by Gasteiger charge is -2.11. The summed E-state index contributed by atoms with van der Waals surface area (Å²) >= 11 is 0. The van der Waals surface area contributed by atoms with Gasteiger partial charge in [-0.2, -0.15) is 10.1 Å². The molecule has 0 aliphatic heterocycles. The van der Waals surface area contributed by atoms with E-state index in [4.69, 9.17) is 4.52 Å². The number of carbonyl (C=O) groups excluding carboxylic acids is 1. The number of fused-ring (bicyclic) bond motifs is 1. The van der Waals surface area contributed by atoms with Gasteiger partial charge in [-0.25, -0.2) is 4.68 Å². The minimum absolute atomic E-state index is 0.150. The average Bonchev–Trinajstić information content (AvgIpc) is 3.22. The molecule has 1 unspecified atom stereocenters. The molecule has 0 bridgehead atoms. The molecule has 1 aromatic carbocycles. The molecular formula is C19H16N6O3. The molecule has 0 spiro atoms. The number of aromatic nitrogens is 5. The Hall–Kier alpha value is -3.88. The van der Waals surface area contributed by atoms with Gasteiger partial charge in [0, 0.05) is 30.4 Å². The Morgan fingerprint density at radius 2 is 1.96 bits per heavy atom. The number of nitrogens with one attached hydrogen (secondary N) is 1. The Morgan fingerprint density at radius 1 is 1.18 bits per heavy atom. The average molecular weight is 376 g/mol. The van der Waals surface area contributed by atoms with Crippen molar-refractivity contribution in [1.29, 1.82) is 0 Å². The molecule has 1 amide bonds. The van der Waals surface area contributed by atoms with E-state index in [-0.39, 0.29) is 17.1 Å². The molecule has 0 fully saturated rings. The number of hydrogen-bond donors (Lipinski definition) is 1. The van der Waals surface area contributed by atoms with E-state index in [0.29, 0.717) is 22.2 Å². The van der Waals surface area contributed by atoms with Crippen LogP contribution < -0.4 is 10.9 Å². The van der Waals surface area contributed by atoms with Gasteiger partial charge in [-0.05, 0) is 25.1 Å². The first-order valence-electron chi connectivity index (χ1n) is 8.55. The van der Waals surface area contributed by atoms with E-state index >= 15 is 0 Å². The number of benzene rings is 1. The van der Waals surface area contributed by atoms with Crippen molar-refractivity contribution in [3.63, 3.8) is 0 Å². The predicted molar refractivity (Wildman–Crippen MR) is 100 cm³/mol. The summed E-state index contributed by atoms with van der Waals surface area (Å²) in [5.74, 6) is 0.191. The molecule has 140 valence electrons. The maximum atomic E-state index is 12.8. The highest BCUT2D eigenvalue weighted by molar-refractivity contribution is 6.04. The van der Waals surface area contributed by atoms with E-state index < -0.39 is 11.9 Å². The Kier molecular flexibility index (Phi) is 4.40. The number of nitrogens with zero attached hydrogens (tertiary/aromatic N) is 5. The van der Waals surface area contributed by atoms with Crippen LogP contribution in [0.15, 0.2) is 58.1 Å². The van der Waals surface area contributed by atoms with E-state index in [1.165, 1.54) is 7.05 Å². The molecule has 0 aliphatic carbocycles. The standard InChI is InChI=1S/C19H16N6O3/c1-11(18-22-16(24-28-18)12-6-5-9-20-10-12)21-17(26)15-13-7-3-4-8-14(13)19(27)25(2)23-15/h3-11H,1-2H3,(H,21,26). The molecule has 9 nitrogen and oxygen atoms in total. The van der Waals surface area contributed by atoms with Gasteiger partial charge >= 0.3 is 0 Å². The van der Waals surface area contributed by atoms with E-state index in [9.17, 15) is 9.59 Å². The first kappa shape index (κ1) is 17.5. The number of carbonyl (C=O) groups is 1. The normalized spacial score (nSPS) is 12.1. The van der Waals surface area contributed by atoms with Crippen LogP contribution in [0.25, 0.3) is 22.2 Å². The Labute approximate surface area is 159 Å². The van der Waals surface area contributed by atoms with E-state index in [0.717, 1.165) is 4.68 Å². The van der Waals surface area contributed by atoms with Crippen molar-refractivity contribution in [3.8, 4) is 11.4 Å². The van der Waals surface area contributed by atoms with Gasteiger partial charge in [-0.15, -0.1) is 0 Å². The summed E-state index contributed by atoms with van der Waals surface area (Å²) in [6, 6.07) is 9.88. The smallest absolute Gasteiger partial charge is 0.274 e. The third kappa shape index (κ3) is 3.13. The van der Waals surface area contributed by atoms with Crippen molar-refractivity contribution in [2.24, 2.45) is 7.05 Å². The molecule has 1 atom stereocenters. The van der Waals surface area contributed by atoms with Crippen molar-refractivity contribution in [3.05, 3.63) is 70.7 Å². The molecule has 0 aliphatic rings. The second-order valence-corrected chi connectivity index (χ2v) is 6.22. The molecule has 9 heteroatoms. The molecule has 28 heavy (non-hydrogen) atoms. The van der Waals surface area contributed by atoms with Gasteiger partial charge in [-0.1, -0.05) is 23.4 Å². The van der Waals surface area contributed by atoms with Crippen molar-refractivity contribution in [2.75, 3.05) is 0 Å². The second kappa shape index (κ2) is 7.03. The quantitative estimate of drug-likeness (QED) is 0.578. The van der Waals surface area contributed by atoms with Crippen LogP contribution in [0.2, 0.25) is 0 Å². The first-order chi connectivity index (χ1) is 13.5. The van der Waals surface area contributed by atoms with Crippen molar-refractivity contribution in [2.45, 2.75) is 13.0 Å². The fourth-order valence-corrected chi connectivity index (χ4v) is 2.82. The van der Waals surface area contributed by atoms with Crippen LogP contribution in [-0.4, -0.2) is 30.8 Å². The summed E-state index contributed by atoms with van der Waals surface area (Å²) < 4.78 is 6.42.